The number of likely N-dealkylation sites (tertiary alicyclic amines) is 1. The van der Waals surface area contributed by atoms with Crippen LogP contribution in [0, 0.1) is 5.92 Å². The summed E-state index contributed by atoms with van der Waals surface area (Å²) in [5, 5.41) is 0. The number of ether oxygens (including phenoxy) is 1. The normalized spacial score (nSPS) is 17.5. The molecular formula is C22H29N3O5S2. The van der Waals surface area contributed by atoms with Gasteiger partial charge in [-0.25, -0.2) is 8.42 Å². The average molecular weight is 480 g/mol. The van der Waals surface area contributed by atoms with Crippen LogP contribution in [0.1, 0.15) is 26.7 Å². The predicted octanol–water partition coefficient (Wildman–Crippen LogP) is 2.39. The van der Waals surface area contributed by atoms with E-state index in [4.69, 9.17) is 4.74 Å². The van der Waals surface area contributed by atoms with Gasteiger partial charge in [-0.3, -0.25) is 9.59 Å². The molecule has 1 aromatic heterocycles. The quantitative estimate of drug-likeness (QED) is 0.542. The van der Waals surface area contributed by atoms with E-state index in [2.05, 4.69) is 11.6 Å². The maximum absolute atomic E-state index is 12.5. The van der Waals surface area contributed by atoms with Gasteiger partial charge < -0.3 is 14.2 Å². The van der Waals surface area contributed by atoms with Gasteiger partial charge in [-0.2, -0.15) is 4.99 Å². The molecule has 2 heterocycles. The number of fused-ring (bicyclic) bond motifs is 1. The summed E-state index contributed by atoms with van der Waals surface area (Å²) in [5.74, 6) is -1.65. The van der Waals surface area contributed by atoms with Crippen molar-refractivity contribution < 1.29 is 22.7 Å². The van der Waals surface area contributed by atoms with Crippen molar-refractivity contribution in [1.82, 2.24) is 9.47 Å². The summed E-state index contributed by atoms with van der Waals surface area (Å²) >= 11 is 1.27. The number of amides is 2. The second-order valence-electron chi connectivity index (χ2n) is 7.97. The van der Waals surface area contributed by atoms with Crippen molar-refractivity contribution in [1.29, 1.82) is 0 Å². The highest BCUT2D eigenvalue weighted by Gasteiger charge is 2.27. The van der Waals surface area contributed by atoms with Crippen LogP contribution in [-0.4, -0.2) is 60.9 Å². The fraction of sp³-hybridized carbons (Fsp3) is 0.500. The van der Waals surface area contributed by atoms with E-state index in [9.17, 15) is 18.0 Å². The number of hydrogen-bond acceptors (Lipinski definition) is 6. The molecule has 8 nitrogen and oxygen atoms in total. The maximum Gasteiger partial charge on any atom is 0.263 e. The van der Waals surface area contributed by atoms with Crippen LogP contribution in [0.2, 0.25) is 0 Å². The molecule has 1 aliphatic rings. The molecule has 0 aliphatic carbocycles. The molecule has 10 heteroatoms. The third kappa shape index (κ3) is 6.07. The Morgan fingerprint density at radius 3 is 2.81 bits per heavy atom. The molecule has 2 amide bonds. The van der Waals surface area contributed by atoms with E-state index >= 15 is 0 Å². The van der Waals surface area contributed by atoms with Crippen molar-refractivity contribution in [3.63, 3.8) is 0 Å². The third-order valence-corrected chi connectivity index (χ3v) is 7.61. The standard InChI is InChI=1S/C22H29N3O5S2/c1-4-10-25-18-9-8-17(30-5-2)12-19(18)31-22(25)23-20(26)14-32(28,29)15-21(27)24-11-6-7-16(3)13-24/h4,8-9,12,16H,1,5-7,10-11,13-15H2,2-3H3. The van der Waals surface area contributed by atoms with E-state index in [1.807, 2.05) is 32.0 Å². The van der Waals surface area contributed by atoms with Crippen molar-refractivity contribution in [2.45, 2.75) is 33.2 Å². The molecule has 3 rings (SSSR count). The number of carbonyl (C=O) groups is 2. The molecule has 0 saturated carbocycles. The monoisotopic (exact) mass is 479 g/mol. The minimum Gasteiger partial charge on any atom is -0.494 e. The van der Waals surface area contributed by atoms with Crippen LogP contribution < -0.4 is 9.54 Å². The summed E-state index contributed by atoms with van der Waals surface area (Å²) in [4.78, 5) is 30.9. The molecule has 0 radical (unpaired) electrons. The van der Waals surface area contributed by atoms with Crippen LogP contribution in [0.25, 0.3) is 10.2 Å². The zero-order chi connectivity index (χ0) is 23.3. The molecule has 174 valence electrons. The Morgan fingerprint density at radius 1 is 1.34 bits per heavy atom. The second-order valence-corrected chi connectivity index (χ2v) is 11.0. The van der Waals surface area contributed by atoms with Crippen LogP contribution in [0.3, 0.4) is 0 Å². The number of thiazole rings is 1. The first-order chi connectivity index (χ1) is 15.2. The van der Waals surface area contributed by atoms with Crippen LogP contribution in [0.5, 0.6) is 5.75 Å². The molecule has 0 spiro atoms. The van der Waals surface area contributed by atoms with Crippen LogP contribution in [0.4, 0.5) is 0 Å². The van der Waals surface area contributed by atoms with Crippen molar-refractivity contribution in [2.75, 3.05) is 31.2 Å². The van der Waals surface area contributed by atoms with Gasteiger partial charge in [0.05, 0.1) is 16.8 Å². The first kappa shape index (κ1) is 24.2. The summed E-state index contributed by atoms with van der Waals surface area (Å²) < 4.78 is 33.2. The van der Waals surface area contributed by atoms with E-state index in [0.29, 0.717) is 42.7 Å². The Labute approximate surface area is 192 Å². The lowest BCUT2D eigenvalue weighted by molar-refractivity contribution is -0.130. The Morgan fingerprint density at radius 2 is 2.12 bits per heavy atom. The van der Waals surface area contributed by atoms with Gasteiger partial charge in [0, 0.05) is 19.6 Å². The SMILES string of the molecule is C=CCn1c(=NC(=O)CS(=O)(=O)CC(=O)N2CCCC(C)C2)sc2cc(OCC)ccc21. The highest BCUT2D eigenvalue weighted by atomic mass is 32.2. The van der Waals surface area contributed by atoms with Crippen molar-refractivity contribution >= 4 is 43.2 Å². The topological polar surface area (TPSA) is 98.0 Å². The molecule has 1 saturated heterocycles. The number of nitrogens with zero attached hydrogens (tertiary/aromatic N) is 3. The van der Waals surface area contributed by atoms with Crippen LogP contribution >= 0.6 is 11.3 Å². The number of hydrogen-bond donors (Lipinski definition) is 0. The largest absolute Gasteiger partial charge is 0.494 e. The number of sulfone groups is 1. The number of aromatic nitrogens is 1. The highest BCUT2D eigenvalue weighted by molar-refractivity contribution is 7.92. The van der Waals surface area contributed by atoms with Gasteiger partial charge >= 0.3 is 0 Å². The maximum atomic E-state index is 12.5. The Kier molecular flexibility index (Phi) is 7.89. The molecule has 1 fully saturated rings. The summed E-state index contributed by atoms with van der Waals surface area (Å²) in [6, 6.07) is 5.57. The van der Waals surface area contributed by atoms with Gasteiger partial charge in [-0.15, -0.1) is 6.58 Å². The van der Waals surface area contributed by atoms with Gasteiger partial charge in [0.2, 0.25) is 5.91 Å². The number of benzene rings is 1. The molecule has 32 heavy (non-hydrogen) atoms. The predicted molar refractivity (Wildman–Crippen MR) is 125 cm³/mol. The van der Waals surface area contributed by atoms with Gasteiger partial charge in [0.1, 0.15) is 17.3 Å². The minimum absolute atomic E-state index is 0.351. The molecule has 0 N–H and O–H groups in total. The second kappa shape index (κ2) is 10.4. The van der Waals surface area contributed by atoms with Gasteiger partial charge in [0.15, 0.2) is 14.6 Å². The van der Waals surface area contributed by atoms with E-state index < -0.39 is 33.2 Å². The van der Waals surface area contributed by atoms with E-state index in [-0.39, 0.29) is 0 Å². The Balaban J connectivity index is 1.79. The first-order valence-electron chi connectivity index (χ1n) is 10.6. The zero-order valence-corrected chi connectivity index (χ0v) is 20.1. The van der Waals surface area contributed by atoms with Crippen molar-refractivity contribution in [3.8, 4) is 5.75 Å². The first-order valence-corrected chi connectivity index (χ1v) is 13.3. The Hall–Kier alpha value is -2.46. The lowest BCUT2D eigenvalue weighted by atomic mass is 10.0. The molecule has 0 bridgehead atoms. The fourth-order valence-electron chi connectivity index (χ4n) is 3.77. The smallest absolute Gasteiger partial charge is 0.263 e. The molecule has 1 aliphatic heterocycles. The lowest BCUT2D eigenvalue weighted by Gasteiger charge is -2.30. The summed E-state index contributed by atoms with van der Waals surface area (Å²) in [6.07, 6.45) is 3.57. The number of allylic oxidation sites excluding steroid dienone is 1. The minimum atomic E-state index is -3.92. The van der Waals surface area contributed by atoms with E-state index in [0.717, 1.165) is 23.1 Å². The summed E-state index contributed by atoms with van der Waals surface area (Å²) in [6.45, 7) is 9.74. The number of carbonyl (C=O) groups excluding carboxylic acids is 2. The van der Waals surface area contributed by atoms with Gasteiger partial charge in [-0.1, -0.05) is 24.3 Å². The highest BCUT2D eigenvalue weighted by Crippen LogP contribution is 2.23. The van der Waals surface area contributed by atoms with Crippen LogP contribution in [0.15, 0.2) is 35.8 Å². The van der Waals surface area contributed by atoms with Crippen LogP contribution in [-0.2, 0) is 26.0 Å². The lowest BCUT2D eigenvalue weighted by Crippen LogP contribution is -2.42. The molecule has 1 unspecified atom stereocenters. The fourth-order valence-corrected chi connectivity index (χ4v) is 5.96. The van der Waals surface area contributed by atoms with E-state index in [1.54, 1.807) is 15.5 Å². The number of rotatable bonds is 8. The molecule has 1 atom stereocenters. The number of piperidine rings is 1. The zero-order valence-electron chi connectivity index (χ0n) is 18.5. The molecule has 2 aromatic rings. The molecular weight excluding hydrogens is 450 g/mol. The van der Waals surface area contributed by atoms with Gasteiger partial charge in [0.25, 0.3) is 5.91 Å². The van der Waals surface area contributed by atoms with Crippen molar-refractivity contribution in [2.24, 2.45) is 10.9 Å². The average Bonchev–Trinajstić information content (AvgIpc) is 3.04. The van der Waals surface area contributed by atoms with E-state index in [1.165, 1.54) is 11.3 Å². The van der Waals surface area contributed by atoms with Crippen molar-refractivity contribution in [3.05, 3.63) is 35.7 Å². The molecule has 1 aromatic carbocycles. The Bertz CT molecular complexity index is 1180. The summed E-state index contributed by atoms with van der Waals surface area (Å²) in [5.41, 5.74) is 0.849. The van der Waals surface area contributed by atoms with Gasteiger partial charge in [-0.05, 0) is 43.9 Å². The summed E-state index contributed by atoms with van der Waals surface area (Å²) in [7, 11) is -3.92. The third-order valence-electron chi connectivity index (χ3n) is 5.19.